The first-order valence-corrected chi connectivity index (χ1v) is 6.78. The van der Waals surface area contributed by atoms with Crippen molar-refractivity contribution in [2.24, 2.45) is 5.92 Å². The maximum atomic E-state index is 12.1. The Morgan fingerprint density at radius 1 is 1.40 bits per heavy atom. The lowest BCUT2D eigenvalue weighted by molar-refractivity contribution is -0.138. The fourth-order valence-electron chi connectivity index (χ4n) is 2.45. The molecule has 2 rings (SSSR count). The topological polar surface area (TPSA) is 82.5 Å². The number of nitrogens with zero attached hydrogens (tertiary/aromatic N) is 2. The Bertz CT molecular complexity index is 464. The number of amides is 2. The van der Waals surface area contributed by atoms with Crippen LogP contribution in [0.5, 0.6) is 0 Å². The third kappa shape index (κ3) is 4.22. The van der Waals surface area contributed by atoms with Gasteiger partial charge in [-0.3, -0.25) is 9.78 Å². The first-order valence-electron chi connectivity index (χ1n) is 6.78. The van der Waals surface area contributed by atoms with E-state index >= 15 is 0 Å². The molecule has 1 aromatic heterocycles. The second kappa shape index (κ2) is 6.88. The molecule has 1 atom stereocenters. The molecule has 2 N–H and O–H groups in total. The number of pyridine rings is 1. The summed E-state index contributed by atoms with van der Waals surface area (Å²) in [5.41, 5.74) is 0.993. The minimum atomic E-state index is -0.797. The predicted molar refractivity (Wildman–Crippen MR) is 73.0 cm³/mol. The van der Waals surface area contributed by atoms with Crippen LogP contribution in [0.25, 0.3) is 0 Å². The van der Waals surface area contributed by atoms with Crippen LogP contribution in [-0.2, 0) is 11.3 Å². The molecule has 0 saturated carbocycles. The Balaban J connectivity index is 1.81. The van der Waals surface area contributed by atoms with E-state index in [0.29, 0.717) is 19.6 Å². The summed E-state index contributed by atoms with van der Waals surface area (Å²) in [7, 11) is 0. The van der Waals surface area contributed by atoms with Gasteiger partial charge in [0, 0.05) is 38.4 Å². The number of carboxylic acid groups (broad SMARTS) is 1. The fourth-order valence-corrected chi connectivity index (χ4v) is 2.45. The molecule has 2 amide bonds. The van der Waals surface area contributed by atoms with Gasteiger partial charge in [0.25, 0.3) is 0 Å². The van der Waals surface area contributed by atoms with Crippen molar-refractivity contribution in [2.75, 3.05) is 13.1 Å². The van der Waals surface area contributed by atoms with E-state index < -0.39 is 5.97 Å². The number of rotatable bonds is 4. The van der Waals surface area contributed by atoms with Crippen LogP contribution in [-0.4, -0.2) is 40.1 Å². The van der Waals surface area contributed by atoms with E-state index in [1.165, 1.54) is 0 Å². The molecule has 1 aliphatic heterocycles. The quantitative estimate of drug-likeness (QED) is 0.873. The van der Waals surface area contributed by atoms with Gasteiger partial charge in [0.05, 0.1) is 0 Å². The number of nitrogens with one attached hydrogen (secondary N) is 1. The smallest absolute Gasteiger partial charge is 0.317 e. The summed E-state index contributed by atoms with van der Waals surface area (Å²) in [6, 6.07) is 3.57. The first kappa shape index (κ1) is 14.3. The molecule has 1 aliphatic rings. The molecular formula is C14H19N3O3. The lowest BCUT2D eigenvalue weighted by Crippen LogP contribution is -2.45. The molecule has 0 aliphatic carbocycles. The summed E-state index contributed by atoms with van der Waals surface area (Å²) in [5, 5.41) is 11.7. The zero-order chi connectivity index (χ0) is 14.4. The van der Waals surface area contributed by atoms with E-state index in [9.17, 15) is 9.59 Å². The number of urea groups is 1. The van der Waals surface area contributed by atoms with E-state index in [1.54, 1.807) is 17.3 Å². The normalized spacial score (nSPS) is 18.6. The van der Waals surface area contributed by atoms with Crippen molar-refractivity contribution in [3.8, 4) is 0 Å². The molecule has 0 radical (unpaired) electrons. The van der Waals surface area contributed by atoms with E-state index in [2.05, 4.69) is 10.3 Å². The average molecular weight is 277 g/mol. The van der Waals surface area contributed by atoms with Crippen LogP contribution in [0.2, 0.25) is 0 Å². The first-order chi connectivity index (χ1) is 9.65. The largest absolute Gasteiger partial charge is 0.481 e. The molecule has 20 heavy (non-hydrogen) atoms. The lowest BCUT2D eigenvalue weighted by Gasteiger charge is -2.32. The number of carbonyl (C=O) groups excluding carboxylic acids is 1. The SMILES string of the molecule is O=C(O)CC1CCCN(C(=O)NCc2ccncc2)C1. The Hall–Kier alpha value is -2.11. The maximum Gasteiger partial charge on any atom is 0.317 e. The van der Waals surface area contributed by atoms with Crippen LogP contribution in [0.3, 0.4) is 0 Å². The van der Waals surface area contributed by atoms with Crippen LogP contribution in [0.1, 0.15) is 24.8 Å². The summed E-state index contributed by atoms with van der Waals surface area (Å²) >= 11 is 0. The van der Waals surface area contributed by atoms with E-state index in [0.717, 1.165) is 18.4 Å². The highest BCUT2D eigenvalue weighted by molar-refractivity contribution is 5.74. The van der Waals surface area contributed by atoms with E-state index in [-0.39, 0.29) is 18.4 Å². The van der Waals surface area contributed by atoms with Gasteiger partial charge in [-0.1, -0.05) is 0 Å². The van der Waals surface area contributed by atoms with Crippen LogP contribution in [0, 0.1) is 5.92 Å². The molecule has 0 spiro atoms. The molecule has 2 heterocycles. The third-order valence-electron chi connectivity index (χ3n) is 3.46. The van der Waals surface area contributed by atoms with E-state index in [4.69, 9.17) is 5.11 Å². The highest BCUT2D eigenvalue weighted by Gasteiger charge is 2.24. The van der Waals surface area contributed by atoms with Gasteiger partial charge >= 0.3 is 12.0 Å². The number of hydrogen-bond acceptors (Lipinski definition) is 3. The van der Waals surface area contributed by atoms with Gasteiger partial charge in [-0.15, -0.1) is 0 Å². The maximum absolute atomic E-state index is 12.1. The predicted octanol–water partition coefficient (Wildman–Crippen LogP) is 1.48. The van der Waals surface area contributed by atoms with Gasteiger partial charge in [-0.25, -0.2) is 4.79 Å². The van der Waals surface area contributed by atoms with Crippen molar-refractivity contribution in [2.45, 2.75) is 25.8 Å². The third-order valence-corrected chi connectivity index (χ3v) is 3.46. The number of aliphatic carboxylic acids is 1. The van der Waals surface area contributed by atoms with Gasteiger partial charge in [-0.2, -0.15) is 0 Å². The minimum Gasteiger partial charge on any atom is -0.481 e. The summed E-state index contributed by atoms with van der Waals surface area (Å²) < 4.78 is 0. The van der Waals surface area contributed by atoms with Crippen molar-refractivity contribution >= 4 is 12.0 Å². The van der Waals surface area contributed by atoms with Gasteiger partial charge in [0.1, 0.15) is 0 Å². The minimum absolute atomic E-state index is 0.0629. The molecular weight excluding hydrogens is 258 g/mol. The average Bonchev–Trinajstić information content (AvgIpc) is 2.45. The number of carbonyl (C=O) groups is 2. The van der Waals surface area contributed by atoms with E-state index in [1.807, 2.05) is 12.1 Å². The fraction of sp³-hybridized carbons (Fsp3) is 0.500. The lowest BCUT2D eigenvalue weighted by atomic mass is 9.95. The number of likely N-dealkylation sites (tertiary alicyclic amines) is 1. The van der Waals surface area contributed by atoms with Crippen molar-refractivity contribution in [3.63, 3.8) is 0 Å². The Labute approximate surface area is 117 Å². The summed E-state index contributed by atoms with van der Waals surface area (Å²) in [5.74, 6) is -0.734. The molecule has 6 heteroatoms. The number of hydrogen-bond donors (Lipinski definition) is 2. The number of piperidine rings is 1. The van der Waals surface area contributed by atoms with Gasteiger partial charge in [0.15, 0.2) is 0 Å². The van der Waals surface area contributed by atoms with Gasteiger partial charge in [0.2, 0.25) is 0 Å². The summed E-state index contributed by atoms with van der Waals surface area (Å²) in [6.45, 7) is 1.67. The zero-order valence-corrected chi connectivity index (χ0v) is 11.3. The van der Waals surface area contributed by atoms with Crippen LogP contribution in [0.15, 0.2) is 24.5 Å². The second-order valence-electron chi connectivity index (χ2n) is 5.07. The molecule has 108 valence electrons. The summed E-state index contributed by atoms with van der Waals surface area (Å²) in [6.07, 6.45) is 5.24. The van der Waals surface area contributed by atoms with Crippen molar-refractivity contribution in [1.82, 2.24) is 15.2 Å². The zero-order valence-electron chi connectivity index (χ0n) is 11.3. The molecule has 1 unspecified atom stereocenters. The van der Waals surface area contributed by atoms with Gasteiger partial charge < -0.3 is 15.3 Å². The van der Waals surface area contributed by atoms with Crippen LogP contribution in [0.4, 0.5) is 4.79 Å². The standard InChI is InChI=1S/C14H19N3O3/c18-13(19)8-12-2-1-7-17(10-12)14(20)16-9-11-3-5-15-6-4-11/h3-6,12H,1-2,7-10H2,(H,16,20)(H,18,19). The molecule has 0 bridgehead atoms. The number of aromatic nitrogens is 1. The van der Waals surface area contributed by atoms with Crippen molar-refractivity contribution in [1.29, 1.82) is 0 Å². The van der Waals surface area contributed by atoms with Crippen LogP contribution >= 0.6 is 0 Å². The molecule has 1 fully saturated rings. The van der Waals surface area contributed by atoms with Crippen LogP contribution < -0.4 is 5.32 Å². The van der Waals surface area contributed by atoms with Crippen molar-refractivity contribution < 1.29 is 14.7 Å². The molecule has 1 aromatic rings. The Kier molecular flexibility index (Phi) is 4.92. The highest BCUT2D eigenvalue weighted by Crippen LogP contribution is 2.19. The van der Waals surface area contributed by atoms with Crippen molar-refractivity contribution in [3.05, 3.63) is 30.1 Å². The Morgan fingerprint density at radius 2 is 2.15 bits per heavy atom. The Morgan fingerprint density at radius 3 is 2.85 bits per heavy atom. The second-order valence-corrected chi connectivity index (χ2v) is 5.07. The molecule has 6 nitrogen and oxygen atoms in total. The molecule has 0 aromatic carbocycles. The number of carboxylic acids is 1. The van der Waals surface area contributed by atoms with Gasteiger partial charge in [-0.05, 0) is 36.5 Å². The summed E-state index contributed by atoms with van der Waals surface area (Å²) in [4.78, 5) is 28.4. The highest BCUT2D eigenvalue weighted by atomic mass is 16.4. The monoisotopic (exact) mass is 277 g/mol. The molecule has 1 saturated heterocycles.